The Labute approximate surface area is 231 Å². The largest absolute Gasteiger partial charge is 0.497 e. The first-order valence-corrected chi connectivity index (χ1v) is 13.7. The molecule has 0 aliphatic carbocycles. The number of ether oxygens (including phenoxy) is 3. The van der Waals surface area contributed by atoms with Crippen LogP contribution in [0.2, 0.25) is 0 Å². The summed E-state index contributed by atoms with van der Waals surface area (Å²) in [6.45, 7) is 1.78. The summed E-state index contributed by atoms with van der Waals surface area (Å²) in [5.74, 6) is -1.55. The quantitative estimate of drug-likeness (QED) is 0.297. The summed E-state index contributed by atoms with van der Waals surface area (Å²) in [4.78, 5) is 52.0. The van der Waals surface area contributed by atoms with Gasteiger partial charge in [-0.25, -0.2) is 4.79 Å². The average molecular weight is 557 g/mol. The number of carbonyl (C=O) groups excluding carboxylic acids is 4. The summed E-state index contributed by atoms with van der Waals surface area (Å²) in [5.41, 5.74) is 1.44. The molecule has 0 radical (unpaired) electrons. The average Bonchev–Trinajstić information content (AvgIpc) is 3.39. The van der Waals surface area contributed by atoms with E-state index in [1.165, 1.54) is 7.11 Å². The van der Waals surface area contributed by atoms with Gasteiger partial charge >= 0.3 is 5.97 Å². The summed E-state index contributed by atoms with van der Waals surface area (Å²) in [7, 11) is 1.54. The van der Waals surface area contributed by atoms with E-state index in [2.05, 4.69) is 5.32 Å². The number of β-lactam (4-membered cyclic amide) rings is 1. The Hall–Kier alpha value is -3.41. The molecule has 208 valence electrons. The monoisotopic (exact) mass is 556 g/mol. The minimum absolute atomic E-state index is 0.00181. The Kier molecular flexibility index (Phi) is 9.60. The minimum Gasteiger partial charge on any atom is -0.497 e. The molecule has 10 nitrogen and oxygen atoms in total. The van der Waals surface area contributed by atoms with Crippen molar-refractivity contribution in [2.24, 2.45) is 0 Å². The minimum atomic E-state index is -1.90. The molecule has 0 spiro atoms. The number of nitrogens with zero attached hydrogens (tertiary/aromatic N) is 1. The molecule has 2 aromatic carbocycles. The lowest BCUT2D eigenvalue weighted by Gasteiger charge is -2.47. The second kappa shape index (κ2) is 13.1. The zero-order valence-corrected chi connectivity index (χ0v) is 22.6. The number of rotatable bonds is 12. The molecule has 2 fully saturated rings. The number of amides is 2. The molecular formula is C28H32N2O8S. The molecule has 2 aliphatic heterocycles. The first kappa shape index (κ1) is 28.6. The highest BCUT2D eigenvalue weighted by molar-refractivity contribution is 8.00. The first-order valence-electron chi connectivity index (χ1n) is 12.7. The van der Waals surface area contributed by atoms with Crippen LogP contribution in [0.15, 0.2) is 54.6 Å². The molecular weight excluding hydrogens is 524 g/mol. The normalized spacial score (nSPS) is 23.1. The van der Waals surface area contributed by atoms with Crippen molar-refractivity contribution in [1.29, 1.82) is 0 Å². The number of esters is 1. The molecule has 39 heavy (non-hydrogen) atoms. The van der Waals surface area contributed by atoms with Crippen molar-refractivity contribution in [3.8, 4) is 5.75 Å². The maximum Gasteiger partial charge on any atom is 0.356 e. The molecule has 11 heteroatoms. The van der Waals surface area contributed by atoms with Gasteiger partial charge in [-0.15, -0.1) is 11.8 Å². The van der Waals surface area contributed by atoms with E-state index in [0.717, 1.165) is 28.6 Å². The number of ketones is 1. The molecule has 2 N–H and O–H groups in total. The molecule has 2 heterocycles. The molecule has 2 saturated heterocycles. The number of likely N-dealkylation sites (tertiary alicyclic amines) is 1. The summed E-state index contributed by atoms with van der Waals surface area (Å²) in [5, 5.41) is 12.6. The van der Waals surface area contributed by atoms with E-state index >= 15 is 0 Å². The fraction of sp³-hybridized carbons (Fsp3) is 0.429. The van der Waals surface area contributed by atoms with Crippen LogP contribution in [0, 0.1) is 0 Å². The molecule has 2 aromatic rings. The van der Waals surface area contributed by atoms with Crippen LogP contribution in [0.3, 0.4) is 0 Å². The Morgan fingerprint density at radius 1 is 1.10 bits per heavy atom. The highest BCUT2D eigenvalue weighted by atomic mass is 32.2. The Morgan fingerprint density at radius 2 is 1.82 bits per heavy atom. The maximum atomic E-state index is 13.0. The predicted molar refractivity (Wildman–Crippen MR) is 143 cm³/mol. The van der Waals surface area contributed by atoms with Crippen LogP contribution in [-0.4, -0.2) is 76.3 Å². The van der Waals surface area contributed by atoms with Crippen LogP contribution in [0.25, 0.3) is 0 Å². The number of carbonyl (C=O) groups is 4. The molecule has 0 aromatic heterocycles. The van der Waals surface area contributed by atoms with E-state index in [9.17, 15) is 24.3 Å². The van der Waals surface area contributed by atoms with Crippen molar-refractivity contribution in [1.82, 2.24) is 10.2 Å². The maximum absolute atomic E-state index is 13.0. The van der Waals surface area contributed by atoms with E-state index in [-0.39, 0.29) is 36.6 Å². The molecule has 2 amide bonds. The van der Waals surface area contributed by atoms with Gasteiger partial charge in [0.15, 0.2) is 5.78 Å². The predicted octanol–water partition coefficient (Wildman–Crippen LogP) is 1.82. The van der Waals surface area contributed by atoms with Crippen molar-refractivity contribution in [3.63, 3.8) is 0 Å². The summed E-state index contributed by atoms with van der Waals surface area (Å²) < 4.78 is 16.0. The van der Waals surface area contributed by atoms with E-state index in [1.54, 1.807) is 36.4 Å². The number of Topliss-reactive ketones (excluding diaryl/α,β-unsaturated/α-hetero) is 1. The molecule has 3 unspecified atom stereocenters. The lowest BCUT2D eigenvalue weighted by atomic mass is 10.1. The van der Waals surface area contributed by atoms with Crippen molar-refractivity contribution < 1.29 is 38.5 Å². The van der Waals surface area contributed by atoms with Crippen LogP contribution >= 0.6 is 11.8 Å². The van der Waals surface area contributed by atoms with Crippen LogP contribution in [-0.2, 0) is 41.7 Å². The van der Waals surface area contributed by atoms with Crippen LogP contribution in [0.1, 0.15) is 30.9 Å². The smallest absolute Gasteiger partial charge is 0.356 e. The molecule has 0 bridgehead atoms. The van der Waals surface area contributed by atoms with Gasteiger partial charge in [0.05, 0.1) is 25.4 Å². The standard InChI is InChI=1S/C28H32N2O8S/c1-17-8-13-22(38-17)21(31)16-39-27-24(29-23(32)14-18-6-4-3-5-7-18)25(33)30(27)26(34)28(35)37-15-19-9-11-20(36-2)12-10-19/h3-7,9-12,17,22,24,26-27,34H,8,13-16H2,1-2H3,(H,29,32)/t17?,22?,24-,26?,27-/m1/s1. The van der Waals surface area contributed by atoms with Gasteiger partial charge in [-0.05, 0) is 43.0 Å². The Bertz CT molecular complexity index is 1180. The second-order valence-corrected chi connectivity index (χ2v) is 10.6. The molecule has 0 saturated carbocycles. The number of benzene rings is 2. The van der Waals surface area contributed by atoms with Gasteiger partial charge in [0.25, 0.3) is 5.91 Å². The molecule has 2 aliphatic rings. The van der Waals surface area contributed by atoms with Gasteiger partial charge in [0.1, 0.15) is 29.9 Å². The van der Waals surface area contributed by atoms with Gasteiger partial charge in [-0.3, -0.25) is 19.3 Å². The fourth-order valence-electron chi connectivity index (χ4n) is 4.43. The van der Waals surface area contributed by atoms with Crippen LogP contribution in [0.5, 0.6) is 5.75 Å². The van der Waals surface area contributed by atoms with Crippen molar-refractivity contribution >= 4 is 35.3 Å². The third-order valence-electron chi connectivity index (χ3n) is 6.61. The number of methoxy groups -OCH3 is 1. The van der Waals surface area contributed by atoms with E-state index in [1.807, 2.05) is 25.1 Å². The number of aliphatic hydroxyl groups excluding tert-OH is 1. The van der Waals surface area contributed by atoms with E-state index < -0.39 is 35.6 Å². The number of nitrogens with one attached hydrogen (secondary N) is 1. The zero-order valence-electron chi connectivity index (χ0n) is 21.8. The van der Waals surface area contributed by atoms with Crippen molar-refractivity contribution in [2.75, 3.05) is 12.9 Å². The Morgan fingerprint density at radius 3 is 2.46 bits per heavy atom. The fourth-order valence-corrected chi connectivity index (χ4v) is 5.70. The lowest BCUT2D eigenvalue weighted by Crippen LogP contribution is -2.73. The summed E-state index contributed by atoms with van der Waals surface area (Å²) in [6.07, 6.45) is -0.966. The SMILES string of the molecule is COc1ccc(COC(=O)C(O)N2C(=O)[C@@H](NC(=O)Cc3ccccc3)[C@H]2SCC(=O)C2CCC(C)O2)cc1. The highest BCUT2D eigenvalue weighted by Crippen LogP contribution is 2.33. The summed E-state index contributed by atoms with van der Waals surface area (Å²) >= 11 is 1.07. The van der Waals surface area contributed by atoms with Gasteiger partial charge in [0.2, 0.25) is 12.1 Å². The van der Waals surface area contributed by atoms with Gasteiger partial charge in [-0.2, -0.15) is 0 Å². The van der Waals surface area contributed by atoms with Crippen molar-refractivity contribution in [3.05, 3.63) is 65.7 Å². The van der Waals surface area contributed by atoms with E-state index in [0.29, 0.717) is 17.7 Å². The van der Waals surface area contributed by atoms with Gasteiger partial charge in [0, 0.05) is 0 Å². The van der Waals surface area contributed by atoms with Gasteiger partial charge < -0.3 is 24.6 Å². The van der Waals surface area contributed by atoms with Gasteiger partial charge in [-0.1, -0.05) is 42.5 Å². The second-order valence-electron chi connectivity index (χ2n) is 9.46. The number of thioether (sulfide) groups is 1. The van der Waals surface area contributed by atoms with Crippen molar-refractivity contribution in [2.45, 2.75) is 62.6 Å². The van der Waals surface area contributed by atoms with Crippen LogP contribution < -0.4 is 10.1 Å². The number of hydrogen-bond acceptors (Lipinski definition) is 9. The van der Waals surface area contributed by atoms with E-state index in [4.69, 9.17) is 14.2 Å². The highest BCUT2D eigenvalue weighted by Gasteiger charge is 2.53. The third kappa shape index (κ3) is 7.17. The zero-order chi connectivity index (χ0) is 27.9. The third-order valence-corrected chi connectivity index (χ3v) is 7.90. The first-order chi connectivity index (χ1) is 18.8. The van der Waals surface area contributed by atoms with Crippen LogP contribution in [0.4, 0.5) is 0 Å². The topological polar surface area (TPSA) is 131 Å². The molecule has 4 rings (SSSR count). The Balaban J connectivity index is 1.39. The summed E-state index contributed by atoms with van der Waals surface area (Å²) in [6, 6.07) is 14.9. The number of aliphatic hydroxyl groups is 1. The molecule has 5 atom stereocenters. The lowest BCUT2D eigenvalue weighted by molar-refractivity contribution is -0.182. The number of hydrogen-bond donors (Lipinski definition) is 2.